The van der Waals surface area contributed by atoms with Gasteiger partial charge in [-0.2, -0.15) is 13.2 Å². The summed E-state index contributed by atoms with van der Waals surface area (Å²) in [5, 5.41) is 13.5. The van der Waals surface area contributed by atoms with Gasteiger partial charge in [0.2, 0.25) is 5.91 Å². The minimum Gasteiger partial charge on any atom is -0.475 e. The van der Waals surface area contributed by atoms with E-state index in [0.29, 0.717) is 12.0 Å². The summed E-state index contributed by atoms with van der Waals surface area (Å²) in [6.07, 6.45) is -0.813. The smallest absolute Gasteiger partial charge is 0.475 e. The van der Waals surface area contributed by atoms with Crippen LogP contribution in [0.15, 0.2) is 5.38 Å². The summed E-state index contributed by atoms with van der Waals surface area (Å²) >= 11 is 1.71. The highest BCUT2D eigenvalue weighted by atomic mass is 32.1. The largest absolute Gasteiger partial charge is 0.490 e. The van der Waals surface area contributed by atoms with Crippen molar-refractivity contribution in [3.05, 3.63) is 16.1 Å². The number of thiazole rings is 1. The molecule has 2 N–H and O–H groups in total. The molecule has 3 aliphatic rings. The maximum atomic E-state index is 12.2. The second-order valence-corrected chi connectivity index (χ2v) is 8.69. The number of piperidine rings is 1. The Hall–Kier alpha value is -1.72. The Morgan fingerprint density at radius 3 is 2.62 bits per heavy atom. The Bertz CT molecular complexity index is 738. The summed E-state index contributed by atoms with van der Waals surface area (Å²) in [6.45, 7) is 4.95. The number of carbonyl (C=O) groups is 2. The summed E-state index contributed by atoms with van der Waals surface area (Å²) < 4.78 is 37.8. The third-order valence-corrected chi connectivity index (χ3v) is 5.97. The third-order valence-electron chi connectivity index (χ3n) is 5.15. The van der Waals surface area contributed by atoms with Crippen LogP contribution in [-0.4, -0.2) is 64.4 Å². The Morgan fingerprint density at radius 2 is 2.07 bits per heavy atom. The van der Waals surface area contributed by atoms with E-state index in [1.807, 2.05) is 6.92 Å². The molecular formula is C18H24F3N3O4S. The Balaban J connectivity index is 0.000000298. The van der Waals surface area contributed by atoms with Crippen molar-refractivity contribution in [1.29, 1.82) is 0 Å². The van der Waals surface area contributed by atoms with Gasteiger partial charge in [-0.25, -0.2) is 9.78 Å². The number of aliphatic carboxylic acids is 1. The molecule has 1 aromatic heterocycles. The fraction of sp³-hybridized carbons (Fsp3) is 0.722. The molecule has 0 bridgehead atoms. The molecule has 4 rings (SSSR count). The number of carboxylic acids is 1. The van der Waals surface area contributed by atoms with Crippen molar-refractivity contribution in [2.24, 2.45) is 5.92 Å². The molecule has 2 saturated heterocycles. The molecule has 1 saturated carbocycles. The van der Waals surface area contributed by atoms with Crippen LogP contribution >= 0.6 is 11.3 Å². The number of likely N-dealkylation sites (tertiary alicyclic amines) is 1. The molecule has 11 heteroatoms. The van der Waals surface area contributed by atoms with E-state index in [1.54, 1.807) is 11.3 Å². The maximum absolute atomic E-state index is 12.2. The van der Waals surface area contributed by atoms with Gasteiger partial charge >= 0.3 is 12.1 Å². The lowest BCUT2D eigenvalue weighted by Gasteiger charge is -2.33. The van der Waals surface area contributed by atoms with E-state index in [2.05, 4.69) is 20.6 Å². The summed E-state index contributed by atoms with van der Waals surface area (Å²) in [5.41, 5.74) is 1.15. The number of halogens is 3. The van der Waals surface area contributed by atoms with Gasteiger partial charge < -0.3 is 15.2 Å². The molecule has 1 aliphatic carbocycles. The summed E-state index contributed by atoms with van der Waals surface area (Å²) in [5.74, 6) is -2.10. The molecule has 2 aliphatic heterocycles. The van der Waals surface area contributed by atoms with Gasteiger partial charge in [0.1, 0.15) is 6.10 Å². The van der Waals surface area contributed by atoms with Crippen LogP contribution in [-0.2, 0) is 20.9 Å². The Morgan fingerprint density at radius 1 is 1.38 bits per heavy atom. The van der Waals surface area contributed by atoms with Crippen molar-refractivity contribution < 1.29 is 32.6 Å². The molecule has 1 aromatic rings. The number of aromatic nitrogens is 1. The second kappa shape index (κ2) is 8.97. The van der Waals surface area contributed by atoms with Gasteiger partial charge in [0.25, 0.3) is 0 Å². The van der Waals surface area contributed by atoms with Crippen LogP contribution < -0.4 is 5.32 Å². The molecule has 3 fully saturated rings. The number of carbonyl (C=O) groups excluding carboxylic acids is 1. The number of nitrogens with zero attached hydrogens (tertiary/aromatic N) is 2. The summed E-state index contributed by atoms with van der Waals surface area (Å²) in [4.78, 5) is 28.0. The van der Waals surface area contributed by atoms with Crippen LogP contribution in [0.25, 0.3) is 0 Å². The van der Waals surface area contributed by atoms with E-state index < -0.39 is 12.1 Å². The average molecular weight is 435 g/mol. The van der Waals surface area contributed by atoms with Crippen LogP contribution in [0.5, 0.6) is 0 Å². The van der Waals surface area contributed by atoms with Gasteiger partial charge in [-0.15, -0.1) is 11.3 Å². The number of aryl methyl sites for hydroxylation is 1. The highest BCUT2D eigenvalue weighted by molar-refractivity contribution is 7.09. The molecule has 0 spiro atoms. The molecule has 3 atom stereocenters. The second-order valence-electron chi connectivity index (χ2n) is 7.63. The van der Waals surface area contributed by atoms with Crippen LogP contribution in [0, 0.1) is 12.8 Å². The molecule has 0 aromatic carbocycles. The minimum atomic E-state index is -5.08. The van der Waals surface area contributed by atoms with Crippen molar-refractivity contribution in [2.45, 2.75) is 63.6 Å². The molecule has 3 heterocycles. The normalized spacial score (nSPS) is 27.0. The van der Waals surface area contributed by atoms with Crippen LogP contribution in [0.4, 0.5) is 13.2 Å². The highest BCUT2D eigenvalue weighted by Gasteiger charge is 2.42. The number of fused-ring (bicyclic) bond motifs is 1. The monoisotopic (exact) mass is 435 g/mol. The number of amides is 1. The van der Waals surface area contributed by atoms with Crippen LogP contribution in [0.3, 0.4) is 0 Å². The topological polar surface area (TPSA) is 91.8 Å². The van der Waals surface area contributed by atoms with Gasteiger partial charge in [-0.1, -0.05) is 0 Å². The minimum absolute atomic E-state index is 0.110. The van der Waals surface area contributed by atoms with E-state index in [4.69, 9.17) is 14.6 Å². The van der Waals surface area contributed by atoms with Gasteiger partial charge in [0, 0.05) is 24.5 Å². The van der Waals surface area contributed by atoms with Crippen LogP contribution in [0.1, 0.15) is 36.4 Å². The van der Waals surface area contributed by atoms with E-state index in [-0.39, 0.29) is 18.1 Å². The number of alkyl halides is 3. The fourth-order valence-electron chi connectivity index (χ4n) is 3.54. The van der Waals surface area contributed by atoms with Gasteiger partial charge in [-0.05, 0) is 45.1 Å². The zero-order valence-electron chi connectivity index (χ0n) is 15.9. The number of hydrogen-bond donors (Lipinski definition) is 2. The molecule has 0 unspecified atom stereocenters. The first kappa shape index (κ1) is 22.0. The van der Waals surface area contributed by atoms with Gasteiger partial charge in [-0.3, -0.25) is 9.69 Å². The standard InChI is InChI=1S/C16H23N3O2S.C2HF3O2/c1-10-17-13(9-22-10)7-19-5-4-11-6-14(21-15(11)8-19)16(20)18-12-2-3-12;3-2(4,5)1(6)7/h9,11-12,14-15H,2-8H2,1H3,(H,18,20);(H,6,7)/t11-,14+,15-;/m0./s1. The first-order chi connectivity index (χ1) is 13.6. The third kappa shape index (κ3) is 6.38. The average Bonchev–Trinajstić information content (AvgIpc) is 3.19. The molecule has 1 amide bonds. The number of nitrogens with one attached hydrogen (secondary N) is 1. The summed E-state index contributed by atoms with van der Waals surface area (Å²) in [7, 11) is 0. The van der Waals surface area contributed by atoms with E-state index in [1.165, 1.54) is 0 Å². The molecular weight excluding hydrogens is 411 g/mol. The van der Waals surface area contributed by atoms with Crippen molar-refractivity contribution in [2.75, 3.05) is 13.1 Å². The van der Waals surface area contributed by atoms with Crippen LogP contribution in [0.2, 0.25) is 0 Å². The van der Waals surface area contributed by atoms with E-state index in [9.17, 15) is 18.0 Å². The lowest BCUT2D eigenvalue weighted by molar-refractivity contribution is -0.192. The van der Waals surface area contributed by atoms with Gasteiger partial charge in [0.15, 0.2) is 0 Å². The van der Waals surface area contributed by atoms with Gasteiger partial charge in [0.05, 0.1) is 16.8 Å². The highest BCUT2D eigenvalue weighted by Crippen LogP contribution is 2.34. The van der Waals surface area contributed by atoms with Crippen molar-refractivity contribution in [3.63, 3.8) is 0 Å². The zero-order chi connectivity index (χ0) is 21.2. The number of hydrogen-bond acceptors (Lipinski definition) is 6. The van der Waals surface area contributed by atoms with E-state index in [0.717, 1.165) is 56.0 Å². The Kier molecular flexibility index (Phi) is 6.79. The molecule has 0 radical (unpaired) electrons. The number of carboxylic acid groups (broad SMARTS) is 1. The lowest BCUT2D eigenvalue weighted by Crippen LogP contribution is -2.42. The lowest BCUT2D eigenvalue weighted by atomic mass is 9.91. The van der Waals surface area contributed by atoms with Crippen molar-refractivity contribution >= 4 is 23.2 Å². The Labute approximate surface area is 170 Å². The molecule has 162 valence electrons. The first-order valence-corrected chi connectivity index (χ1v) is 10.4. The number of rotatable bonds is 4. The SMILES string of the molecule is Cc1nc(CN2CC[C@H]3C[C@H](C(=O)NC4CC4)O[C@H]3C2)cs1.O=C(O)C(F)(F)F. The summed E-state index contributed by atoms with van der Waals surface area (Å²) in [6, 6.07) is 0.420. The molecule has 29 heavy (non-hydrogen) atoms. The first-order valence-electron chi connectivity index (χ1n) is 9.51. The maximum Gasteiger partial charge on any atom is 0.490 e. The van der Waals surface area contributed by atoms with Crippen molar-refractivity contribution in [3.8, 4) is 0 Å². The van der Waals surface area contributed by atoms with Crippen molar-refractivity contribution in [1.82, 2.24) is 15.2 Å². The fourth-order valence-corrected chi connectivity index (χ4v) is 4.14. The zero-order valence-corrected chi connectivity index (χ0v) is 16.8. The predicted molar refractivity (Wildman–Crippen MR) is 98.4 cm³/mol. The van der Waals surface area contributed by atoms with E-state index >= 15 is 0 Å². The molecule has 7 nitrogen and oxygen atoms in total. The quantitative estimate of drug-likeness (QED) is 0.755. The number of ether oxygens (including phenoxy) is 1. The predicted octanol–water partition coefficient (Wildman–Crippen LogP) is 2.34.